The highest BCUT2D eigenvalue weighted by molar-refractivity contribution is 6.45. The first-order valence-electron chi connectivity index (χ1n) is 10.6. The molecule has 0 N–H and O–H groups in total. The average Bonchev–Trinajstić information content (AvgIpc) is 3.03. The normalized spacial score (nSPS) is 21.3. The molecule has 2 aromatic rings. The Morgan fingerprint density at radius 2 is 1.66 bits per heavy atom. The molecule has 2 heterocycles. The molecule has 1 fully saturated rings. The smallest absolute Gasteiger partial charge is 0.282 e. The molecule has 2 aliphatic rings. The maximum absolute atomic E-state index is 13.6. The molecule has 0 spiro atoms. The van der Waals surface area contributed by atoms with Crippen LogP contribution in [-0.4, -0.2) is 41.8 Å². The second-order valence-electron chi connectivity index (χ2n) is 8.53. The van der Waals surface area contributed by atoms with Crippen LogP contribution in [0.5, 0.6) is 5.75 Å². The number of carbonyl (C=O) groups excluding carboxylic acids is 2. The topological polar surface area (TPSA) is 93.0 Å². The Hall–Kier alpha value is -3.68. The van der Waals surface area contributed by atoms with Crippen molar-refractivity contribution in [2.24, 2.45) is 11.8 Å². The summed E-state index contributed by atoms with van der Waals surface area (Å²) in [7, 11) is 1.52. The van der Waals surface area contributed by atoms with E-state index in [2.05, 4.69) is 13.8 Å². The fourth-order valence-electron chi connectivity index (χ4n) is 4.65. The molecule has 2 amide bonds. The molecule has 8 nitrogen and oxygen atoms in total. The van der Waals surface area contributed by atoms with Crippen molar-refractivity contribution in [1.82, 2.24) is 4.90 Å². The third-order valence-corrected chi connectivity index (χ3v) is 5.92. The van der Waals surface area contributed by atoms with Crippen LogP contribution >= 0.6 is 0 Å². The molecule has 0 aromatic heterocycles. The van der Waals surface area contributed by atoms with Crippen molar-refractivity contribution < 1.29 is 19.2 Å². The molecule has 2 aliphatic heterocycles. The predicted octanol–water partition coefficient (Wildman–Crippen LogP) is 3.87. The first-order chi connectivity index (χ1) is 15.3. The van der Waals surface area contributed by atoms with Gasteiger partial charge in [0, 0.05) is 31.3 Å². The van der Waals surface area contributed by atoms with Gasteiger partial charge in [0.2, 0.25) is 0 Å². The number of nitrogens with zero attached hydrogens (tertiary/aromatic N) is 3. The number of rotatable bonds is 5. The number of likely N-dealkylation sites (tertiary alicyclic amines) is 1. The molecule has 0 radical (unpaired) electrons. The van der Waals surface area contributed by atoms with E-state index in [1.807, 2.05) is 4.90 Å². The van der Waals surface area contributed by atoms with Crippen LogP contribution in [0.1, 0.15) is 25.8 Å². The Morgan fingerprint density at radius 3 is 2.25 bits per heavy atom. The fourth-order valence-corrected chi connectivity index (χ4v) is 4.65. The van der Waals surface area contributed by atoms with Gasteiger partial charge in [-0.25, -0.2) is 4.90 Å². The highest BCUT2D eigenvalue weighted by atomic mass is 16.6. The number of nitro benzene ring substituents is 1. The molecule has 32 heavy (non-hydrogen) atoms. The number of benzene rings is 2. The van der Waals surface area contributed by atoms with Crippen molar-refractivity contribution in [2.75, 3.05) is 25.1 Å². The average molecular weight is 435 g/mol. The standard InChI is InChI=1S/C24H25N3O5/c1-15-11-16(2)14-25(13-15)22-21(17-7-9-18(10-8-17)27(30)31)23(28)26(24(22)29)19-5-4-6-20(12-19)32-3/h4-10,12,15-16H,11,13-14H2,1-3H3. The van der Waals surface area contributed by atoms with E-state index in [0.717, 1.165) is 6.42 Å². The third-order valence-electron chi connectivity index (χ3n) is 5.92. The van der Waals surface area contributed by atoms with Gasteiger partial charge in [0.25, 0.3) is 17.5 Å². The van der Waals surface area contributed by atoms with Crippen molar-refractivity contribution in [2.45, 2.75) is 20.3 Å². The highest BCUT2D eigenvalue weighted by Crippen LogP contribution is 2.38. The Bertz CT molecular complexity index is 1100. The van der Waals surface area contributed by atoms with Crippen molar-refractivity contribution in [3.63, 3.8) is 0 Å². The van der Waals surface area contributed by atoms with E-state index < -0.39 is 16.7 Å². The fraction of sp³-hybridized carbons (Fsp3) is 0.333. The second kappa shape index (κ2) is 8.45. The zero-order chi connectivity index (χ0) is 23.0. The van der Waals surface area contributed by atoms with Crippen LogP contribution in [0.2, 0.25) is 0 Å². The van der Waals surface area contributed by atoms with Gasteiger partial charge in [-0.05, 0) is 48.1 Å². The molecular formula is C24H25N3O5. The molecular weight excluding hydrogens is 410 g/mol. The van der Waals surface area contributed by atoms with Gasteiger partial charge in [0.05, 0.1) is 23.3 Å². The number of amides is 2. The highest BCUT2D eigenvalue weighted by Gasteiger charge is 2.43. The number of piperidine rings is 1. The van der Waals surface area contributed by atoms with E-state index in [1.165, 1.54) is 36.3 Å². The van der Waals surface area contributed by atoms with Gasteiger partial charge in [-0.1, -0.05) is 19.9 Å². The Kier molecular flexibility index (Phi) is 5.69. The quantitative estimate of drug-likeness (QED) is 0.402. The molecule has 0 aliphatic carbocycles. The number of carbonyl (C=O) groups is 2. The summed E-state index contributed by atoms with van der Waals surface area (Å²) in [4.78, 5) is 41.0. The van der Waals surface area contributed by atoms with E-state index in [9.17, 15) is 19.7 Å². The van der Waals surface area contributed by atoms with E-state index in [4.69, 9.17) is 4.74 Å². The van der Waals surface area contributed by atoms with Gasteiger partial charge >= 0.3 is 0 Å². The lowest BCUT2D eigenvalue weighted by Gasteiger charge is -2.37. The predicted molar refractivity (Wildman–Crippen MR) is 120 cm³/mol. The van der Waals surface area contributed by atoms with Crippen LogP contribution in [0.3, 0.4) is 0 Å². The minimum absolute atomic E-state index is 0.0717. The largest absolute Gasteiger partial charge is 0.497 e. The van der Waals surface area contributed by atoms with Gasteiger partial charge in [0.1, 0.15) is 11.4 Å². The van der Waals surface area contributed by atoms with E-state index in [0.29, 0.717) is 47.6 Å². The Labute approximate surface area is 186 Å². The number of anilines is 1. The van der Waals surface area contributed by atoms with Gasteiger partial charge in [0.15, 0.2) is 0 Å². The lowest BCUT2D eigenvalue weighted by atomic mass is 9.91. The minimum atomic E-state index is -0.489. The van der Waals surface area contributed by atoms with Crippen LogP contribution in [0.15, 0.2) is 54.2 Å². The first-order valence-corrected chi connectivity index (χ1v) is 10.6. The molecule has 8 heteroatoms. The van der Waals surface area contributed by atoms with Crippen LogP contribution in [-0.2, 0) is 9.59 Å². The van der Waals surface area contributed by atoms with Crippen molar-refractivity contribution in [3.8, 4) is 5.75 Å². The molecule has 0 bridgehead atoms. The number of hydrogen-bond donors (Lipinski definition) is 0. The van der Waals surface area contributed by atoms with Gasteiger partial charge in [-0.15, -0.1) is 0 Å². The maximum atomic E-state index is 13.6. The molecule has 2 atom stereocenters. The molecule has 166 valence electrons. The summed E-state index contributed by atoms with van der Waals surface area (Å²) >= 11 is 0. The Balaban J connectivity index is 1.83. The molecule has 0 saturated carbocycles. The first kappa shape index (κ1) is 21.5. The number of methoxy groups -OCH3 is 1. The zero-order valence-electron chi connectivity index (χ0n) is 18.3. The number of nitro groups is 1. The maximum Gasteiger partial charge on any atom is 0.282 e. The van der Waals surface area contributed by atoms with E-state index >= 15 is 0 Å². The third kappa shape index (κ3) is 3.84. The van der Waals surface area contributed by atoms with Crippen LogP contribution in [0, 0.1) is 22.0 Å². The minimum Gasteiger partial charge on any atom is -0.497 e. The SMILES string of the molecule is COc1cccc(N2C(=O)C(c3ccc([N+](=O)[O-])cc3)=C(N3CC(C)CC(C)C3)C2=O)c1. The van der Waals surface area contributed by atoms with Crippen LogP contribution < -0.4 is 9.64 Å². The summed E-state index contributed by atoms with van der Waals surface area (Å²) < 4.78 is 5.27. The summed E-state index contributed by atoms with van der Waals surface area (Å²) in [6.45, 7) is 5.61. The van der Waals surface area contributed by atoms with Gasteiger partial charge in [-0.3, -0.25) is 19.7 Å². The number of ether oxygens (including phenoxy) is 1. The van der Waals surface area contributed by atoms with E-state index in [1.54, 1.807) is 24.3 Å². The molecule has 2 aromatic carbocycles. The summed E-state index contributed by atoms with van der Waals surface area (Å²) in [6, 6.07) is 12.6. The zero-order valence-corrected chi connectivity index (χ0v) is 18.3. The van der Waals surface area contributed by atoms with Crippen molar-refractivity contribution in [1.29, 1.82) is 0 Å². The number of non-ortho nitro benzene ring substituents is 1. The monoisotopic (exact) mass is 435 g/mol. The summed E-state index contributed by atoms with van der Waals surface area (Å²) in [5.41, 5.74) is 1.46. The Morgan fingerprint density at radius 1 is 1.00 bits per heavy atom. The molecule has 1 saturated heterocycles. The summed E-state index contributed by atoms with van der Waals surface area (Å²) in [6.07, 6.45) is 1.05. The lowest BCUT2D eigenvalue weighted by Crippen LogP contribution is -2.42. The number of hydrogen-bond acceptors (Lipinski definition) is 6. The summed E-state index contributed by atoms with van der Waals surface area (Å²) in [5, 5.41) is 11.1. The molecule has 2 unspecified atom stereocenters. The van der Waals surface area contributed by atoms with E-state index in [-0.39, 0.29) is 11.3 Å². The van der Waals surface area contributed by atoms with Crippen LogP contribution in [0.4, 0.5) is 11.4 Å². The molecule has 4 rings (SSSR count). The second-order valence-corrected chi connectivity index (χ2v) is 8.53. The summed E-state index contributed by atoms with van der Waals surface area (Å²) in [5.74, 6) is 0.445. The van der Waals surface area contributed by atoms with Gasteiger partial charge in [-0.2, -0.15) is 0 Å². The van der Waals surface area contributed by atoms with Gasteiger partial charge < -0.3 is 9.64 Å². The number of imide groups is 1. The lowest BCUT2D eigenvalue weighted by molar-refractivity contribution is -0.384. The van der Waals surface area contributed by atoms with Crippen molar-refractivity contribution in [3.05, 3.63) is 69.9 Å². The van der Waals surface area contributed by atoms with Crippen molar-refractivity contribution >= 4 is 28.8 Å². The van der Waals surface area contributed by atoms with Crippen LogP contribution in [0.25, 0.3) is 5.57 Å².